The monoisotopic (exact) mass is 380 g/mol. The maximum Gasteiger partial charge on any atom is 0.225 e. The molecule has 0 amide bonds. The Kier molecular flexibility index (Phi) is 5.33. The molecule has 27 heavy (non-hydrogen) atoms. The highest BCUT2D eigenvalue weighted by atomic mass is 32.2. The molecular weight excluding hydrogens is 360 g/mol. The van der Waals surface area contributed by atoms with E-state index in [1.807, 2.05) is 45.2 Å². The van der Waals surface area contributed by atoms with Crippen LogP contribution in [-0.2, 0) is 6.42 Å². The predicted octanol–water partition coefficient (Wildman–Crippen LogP) is 3.81. The van der Waals surface area contributed by atoms with E-state index in [9.17, 15) is 5.26 Å². The molecule has 7 nitrogen and oxygen atoms in total. The first-order chi connectivity index (χ1) is 13.0. The zero-order valence-corrected chi connectivity index (χ0v) is 16.5. The topological polar surface area (TPSA) is 103 Å². The molecule has 1 aromatic carbocycles. The zero-order chi connectivity index (χ0) is 19.6. The number of aryl methyl sites for hydroxylation is 3. The van der Waals surface area contributed by atoms with E-state index in [0.717, 1.165) is 5.56 Å². The highest BCUT2D eigenvalue weighted by Crippen LogP contribution is 2.27. The van der Waals surface area contributed by atoms with Gasteiger partial charge >= 0.3 is 0 Å². The Bertz CT molecular complexity index is 1040. The van der Waals surface area contributed by atoms with Gasteiger partial charge in [0.2, 0.25) is 5.88 Å². The quantitative estimate of drug-likeness (QED) is 0.530. The molecule has 0 aliphatic rings. The summed E-state index contributed by atoms with van der Waals surface area (Å²) in [5, 5.41) is 14.3. The Morgan fingerprint density at radius 2 is 2.00 bits per heavy atom. The van der Waals surface area contributed by atoms with Crippen LogP contribution in [0.5, 0.6) is 11.6 Å². The second-order valence-electron chi connectivity index (χ2n) is 5.98. The third-order valence-electron chi connectivity index (χ3n) is 4.21. The normalized spacial score (nSPS) is 10.6. The molecule has 0 bridgehead atoms. The van der Waals surface area contributed by atoms with Crippen LogP contribution in [0.15, 0.2) is 29.4 Å². The molecule has 2 heterocycles. The standard InChI is InChI=1S/C19H20N6OS/c1-5-15-14(10-20)18(21)25(24-15)16-9-17(23-19(22-16)27-4)26-13-7-6-11(2)12(3)8-13/h6-9H,5,21H2,1-4H3. The number of thioether (sulfide) groups is 1. The van der Waals surface area contributed by atoms with Crippen molar-refractivity contribution in [2.45, 2.75) is 32.3 Å². The molecule has 3 rings (SSSR count). The average Bonchev–Trinajstić information content (AvgIpc) is 3.00. The van der Waals surface area contributed by atoms with Gasteiger partial charge in [-0.15, -0.1) is 0 Å². The van der Waals surface area contributed by atoms with Gasteiger partial charge in [0.15, 0.2) is 11.0 Å². The smallest absolute Gasteiger partial charge is 0.225 e. The number of rotatable bonds is 5. The molecule has 138 valence electrons. The molecule has 0 unspecified atom stereocenters. The molecule has 0 atom stereocenters. The summed E-state index contributed by atoms with van der Waals surface area (Å²) in [6, 6.07) is 9.63. The van der Waals surface area contributed by atoms with Crippen LogP contribution in [0.1, 0.15) is 29.3 Å². The Morgan fingerprint density at radius 3 is 2.59 bits per heavy atom. The lowest BCUT2D eigenvalue weighted by atomic mass is 10.1. The van der Waals surface area contributed by atoms with E-state index in [-0.39, 0.29) is 5.82 Å². The number of aromatic nitrogens is 4. The van der Waals surface area contributed by atoms with Crippen molar-refractivity contribution in [2.24, 2.45) is 0 Å². The minimum Gasteiger partial charge on any atom is -0.439 e. The van der Waals surface area contributed by atoms with E-state index in [4.69, 9.17) is 10.5 Å². The van der Waals surface area contributed by atoms with Crippen LogP contribution in [0.3, 0.4) is 0 Å². The minimum atomic E-state index is 0.261. The van der Waals surface area contributed by atoms with Crippen LogP contribution in [0.4, 0.5) is 5.82 Å². The van der Waals surface area contributed by atoms with E-state index in [2.05, 4.69) is 21.1 Å². The van der Waals surface area contributed by atoms with Crippen LogP contribution in [0, 0.1) is 25.2 Å². The third-order valence-corrected chi connectivity index (χ3v) is 4.76. The first-order valence-corrected chi connectivity index (χ1v) is 9.65. The fourth-order valence-electron chi connectivity index (χ4n) is 2.56. The molecule has 0 fully saturated rings. The van der Waals surface area contributed by atoms with Crippen molar-refractivity contribution < 1.29 is 4.74 Å². The molecule has 0 aliphatic carbocycles. The van der Waals surface area contributed by atoms with Gasteiger partial charge in [-0.3, -0.25) is 0 Å². The van der Waals surface area contributed by atoms with Crippen LogP contribution in [0.2, 0.25) is 0 Å². The number of nitriles is 1. The molecule has 8 heteroatoms. The molecule has 0 saturated heterocycles. The summed E-state index contributed by atoms with van der Waals surface area (Å²) in [5.41, 5.74) is 9.46. The van der Waals surface area contributed by atoms with Gasteiger partial charge in [0.25, 0.3) is 0 Å². The van der Waals surface area contributed by atoms with E-state index in [0.29, 0.717) is 40.3 Å². The lowest BCUT2D eigenvalue weighted by molar-refractivity contribution is 0.454. The van der Waals surface area contributed by atoms with Crippen molar-refractivity contribution in [1.29, 1.82) is 5.26 Å². The zero-order valence-electron chi connectivity index (χ0n) is 15.6. The van der Waals surface area contributed by atoms with Crippen molar-refractivity contribution in [1.82, 2.24) is 19.7 Å². The third kappa shape index (κ3) is 3.73. The first-order valence-electron chi connectivity index (χ1n) is 8.42. The predicted molar refractivity (Wildman–Crippen MR) is 105 cm³/mol. The fraction of sp³-hybridized carbons (Fsp3) is 0.263. The number of nitrogen functional groups attached to an aromatic ring is 1. The van der Waals surface area contributed by atoms with Gasteiger partial charge in [-0.25, -0.2) is 4.98 Å². The van der Waals surface area contributed by atoms with Gasteiger partial charge in [0.05, 0.1) is 5.69 Å². The highest BCUT2D eigenvalue weighted by molar-refractivity contribution is 7.98. The van der Waals surface area contributed by atoms with Crippen molar-refractivity contribution in [3.63, 3.8) is 0 Å². The molecule has 2 aromatic heterocycles. The number of anilines is 1. The van der Waals surface area contributed by atoms with Gasteiger partial charge in [0.1, 0.15) is 23.2 Å². The maximum absolute atomic E-state index is 9.34. The lowest BCUT2D eigenvalue weighted by Crippen LogP contribution is -2.07. The van der Waals surface area contributed by atoms with E-state index in [1.54, 1.807) is 6.07 Å². The van der Waals surface area contributed by atoms with Crippen molar-refractivity contribution in [3.05, 3.63) is 46.6 Å². The Balaban J connectivity index is 2.05. The summed E-state index contributed by atoms with van der Waals surface area (Å²) in [4.78, 5) is 8.87. The summed E-state index contributed by atoms with van der Waals surface area (Å²) in [7, 11) is 0. The SMILES string of the molecule is CCc1nn(-c2cc(Oc3ccc(C)c(C)c3)nc(SC)n2)c(N)c1C#N. The number of hydrogen-bond acceptors (Lipinski definition) is 7. The van der Waals surface area contributed by atoms with Crippen molar-refractivity contribution in [3.8, 4) is 23.5 Å². The molecule has 0 spiro atoms. The fourth-order valence-corrected chi connectivity index (χ4v) is 2.93. The molecular formula is C19H20N6OS. The van der Waals surface area contributed by atoms with Crippen LogP contribution >= 0.6 is 11.8 Å². The largest absolute Gasteiger partial charge is 0.439 e. The minimum absolute atomic E-state index is 0.261. The van der Waals surface area contributed by atoms with Crippen molar-refractivity contribution in [2.75, 3.05) is 12.0 Å². The van der Waals surface area contributed by atoms with Gasteiger partial charge in [-0.05, 0) is 49.8 Å². The number of ether oxygens (including phenoxy) is 1. The Morgan fingerprint density at radius 1 is 1.22 bits per heavy atom. The van der Waals surface area contributed by atoms with Gasteiger partial charge in [-0.2, -0.15) is 20.0 Å². The van der Waals surface area contributed by atoms with Gasteiger partial charge in [0, 0.05) is 6.07 Å². The van der Waals surface area contributed by atoms with Crippen LogP contribution in [-0.4, -0.2) is 26.0 Å². The summed E-state index contributed by atoms with van der Waals surface area (Å²) in [6.07, 6.45) is 2.48. The van der Waals surface area contributed by atoms with E-state index in [1.165, 1.54) is 22.0 Å². The molecule has 2 N–H and O–H groups in total. The number of benzene rings is 1. The number of nitrogens with two attached hydrogens (primary N) is 1. The highest BCUT2D eigenvalue weighted by Gasteiger charge is 2.18. The summed E-state index contributed by atoms with van der Waals surface area (Å²) in [6.45, 7) is 6.00. The average molecular weight is 380 g/mol. The van der Waals surface area contributed by atoms with Crippen molar-refractivity contribution >= 4 is 17.6 Å². The lowest BCUT2D eigenvalue weighted by Gasteiger charge is -2.10. The number of hydrogen-bond donors (Lipinski definition) is 1. The van der Waals surface area contributed by atoms with E-state index < -0.39 is 0 Å². The van der Waals surface area contributed by atoms with Crippen LogP contribution in [0.25, 0.3) is 5.82 Å². The number of nitrogens with zero attached hydrogens (tertiary/aromatic N) is 5. The maximum atomic E-state index is 9.34. The summed E-state index contributed by atoms with van der Waals surface area (Å²) < 4.78 is 7.40. The molecule has 0 radical (unpaired) electrons. The Labute approximate surface area is 162 Å². The summed E-state index contributed by atoms with van der Waals surface area (Å²) >= 11 is 1.39. The van der Waals surface area contributed by atoms with E-state index >= 15 is 0 Å². The van der Waals surface area contributed by atoms with Gasteiger partial charge in [-0.1, -0.05) is 24.8 Å². The Hall–Kier alpha value is -3.05. The molecule has 0 saturated carbocycles. The van der Waals surface area contributed by atoms with Crippen LogP contribution < -0.4 is 10.5 Å². The van der Waals surface area contributed by atoms with Gasteiger partial charge < -0.3 is 10.5 Å². The second-order valence-corrected chi connectivity index (χ2v) is 6.76. The second kappa shape index (κ2) is 7.68. The summed E-state index contributed by atoms with van der Waals surface area (Å²) in [5.74, 6) is 1.80. The molecule has 3 aromatic rings. The first kappa shape index (κ1) is 18.7. The molecule has 0 aliphatic heterocycles.